The molecule has 0 spiro atoms. The number of anilines is 1. The minimum atomic E-state index is -0.322. The summed E-state index contributed by atoms with van der Waals surface area (Å²) in [7, 11) is 1.35. The summed E-state index contributed by atoms with van der Waals surface area (Å²) >= 11 is 5.87. The van der Waals surface area contributed by atoms with Crippen molar-refractivity contribution in [2.45, 2.75) is 33.1 Å². The molecule has 7 heteroatoms. The number of nitrogens with one attached hydrogen (secondary N) is 1. The molecule has 0 aromatic heterocycles. The Hall–Kier alpha value is -1.79. The van der Waals surface area contributed by atoms with Gasteiger partial charge in [0.1, 0.15) is 0 Å². The maximum atomic E-state index is 12.6. The van der Waals surface area contributed by atoms with Crippen molar-refractivity contribution in [1.29, 1.82) is 0 Å². The second kappa shape index (κ2) is 12.5. The molecule has 0 fully saturated rings. The fourth-order valence-electron chi connectivity index (χ4n) is 2.56. The molecule has 146 valence electrons. The summed E-state index contributed by atoms with van der Waals surface area (Å²) in [6.07, 6.45) is 2.07. The number of ether oxygens (including phenoxy) is 1. The van der Waals surface area contributed by atoms with Gasteiger partial charge in [-0.25, -0.2) is 4.79 Å². The van der Waals surface area contributed by atoms with Crippen LogP contribution in [-0.4, -0.2) is 61.6 Å². The number of unbranched alkanes of at least 4 members (excludes halogenated alkanes) is 1. The third kappa shape index (κ3) is 8.54. The van der Waals surface area contributed by atoms with E-state index in [1.165, 1.54) is 7.11 Å². The van der Waals surface area contributed by atoms with Crippen molar-refractivity contribution in [2.75, 3.05) is 45.2 Å². The van der Waals surface area contributed by atoms with Gasteiger partial charge in [0, 0.05) is 23.8 Å². The van der Waals surface area contributed by atoms with Gasteiger partial charge in [0.25, 0.3) is 0 Å². The summed E-state index contributed by atoms with van der Waals surface area (Å²) in [6, 6.07) is 6.72. The summed E-state index contributed by atoms with van der Waals surface area (Å²) in [6.45, 7) is 8.28. The number of hydrogen-bond donors (Lipinski definition) is 1. The van der Waals surface area contributed by atoms with Gasteiger partial charge >= 0.3 is 12.0 Å². The van der Waals surface area contributed by atoms with Crippen molar-refractivity contribution in [3.8, 4) is 0 Å². The van der Waals surface area contributed by atoms with E-state index in [4.69, 9.17) is 11.6 Å². The second-order valence-electron chi connectivity index (χ2n) is 5.98. The Balaban J connectivity index is 2.57. The number of hydrogen-bond acceptors (Lipinski definition) is 4. The average molecular weight is 384 g/mol. The maximum absolute atomic E-state index is 12.6. The fraction of sp³-hybridized carbons (Fsp3) is 0.579. The number of halogens is 1. The van der Waals surface area contributed by atoms with Crippen molar-refractivity contribution >= 4 is 29.3 Å². The smallest absolute Gasteiger partial charge is 0.321 e. The van der Waals surface area contributed by atoms with Crippen molar-refractivity contribution < 1.29 is 14.3 Å². The molecule has 2 amide bonds. The Morgan fingerprint density at radius 2 is 1.65 bits per heavy atom. The second-order valence-corrected chi connectivity index (χ2v) is 6.42. The molecule has 0 bridgehead atoms. The van der Waals surface area contributed by atoms with Crippen LogP contribution in [0.2, 0.25) is 5.02 Å². The van der Waals surface area contributed by atoms with Gasteiger partial charge in [0.05, 0.1) is 13.5 Å². The van der Waals surface area contributed by atoms with Crippen molar-refractivity contribution in [3.05, 3.63) is 29.3 Å². The molecule has 0 aliphatic rings. The lowest BCUT2D eigenvalue weighted by molar-refractivity contribution is -0.140. The van der Waals surface area contributed by atoms with Gasteiger partial charge in [-0.1, -0.05) is 25.4 Å². The van der Waals surface area contributed by atoms with Gasteiger partial charge in [0.15, 0.2) is 0 Å². The summed E-state index contributed by atoms with van der Waals surface area (Å²) in [5.74, 6) is -0.322. The number of carbonyl (C=O) groups excluding carboxylic acids is 2. The topological polar surface area (TPSA) is 61.9 Å². The van der Waals surface area contributed by atoms with E-state index >= 15 is 0 Å². The first-order chi connectivity index (χ1) is 12.5. The van der Waals surface area contributed by atoms with E-state index in [0.29, 0.717) is 23.8 Å². The first-order valence-electron chi connectivity index (χ1n) is 9.10. The fourth-order valence-corrected chi connectivity index (χ4v) is 2.68. The first kappa shape index (κ1) is 22.3. The molecule has 1 aromatic carbocycles. The average Bonchev–Trinajstić information content (AvgIpc) is 2.65. The Labute approximate surface area is 161 Å². The first-order valence-corrected chi connectivity index (χ1v) is 9.48. The molecule has 1 aromatic rings. The van der Waals surface area contributed by atoms with Crippen LogP contribution in [0.25, 0.3) is 0 Å². The number of carbonyl (C=O) groups is 2. The molecule has 0 unspecified atom stereocenters. The van der Waals surface area contributed by atoms with Crippen LogP contribution in [0.1, 0.15) is 33.1 Å². The Morgan fingerprint density at radius 1 is 1.04 bits per heavy atom. The molecule has 1 rings (SSSR count). The molecule has 0 heterocycles. The van der Waals surface area contributed by atoms with Gasteiger partial charge in [0.2, 0.25) is 0 Å². The molecular weight excluding hydrogens is 354 g/mol. The molecule has 26 heavy (non-hydrogen) atoms. The van der Waals surface area contributed by atoms with Gasteiger partial charge in [-0.2, -0.15) is 0 Å². The van der Waals surface area contributed by atoms with E-state index in [0.717, 1.165) is 32.5 Å². The lowest BCUT2D eigenvalue weighted by atomic mass is 10.2. The predicted octanol–water partition coefficient (Wildman–Crippen LogP) is 3.86. The van der Waals surface area contributed by atoms with Crippen molar-refractivity contribution in [2.24, 2.45) is 0 Å². The van der Waals surface area contributed by atoms with E-state index < -0.39 is 0 Å². The summed E-state index contributed by atoms with van der Waals surface area (Å²) in [5.41, 5.74) is 0.672. The third-order valence-electron chi connectivity index (χ3n) is 4.24. The highest BCUT2D eigenvalue weighted by Crippen LogP contribution is 2.14. The summed E-state index contributed by atoms with van der Waals surface area (Å²) < 4.78 is 4.68. The lowest BCUT2D eigenvalue weighted by Crippen LogP contribution is -2.37. The normalized spacial score (nSPS) is 10.7. The van der Waals surface area contributed by atoms with Crippen molar-refractivity contribution in [1.82, 2.24) is 9.80 Å². The number of benzene rings is 1. The maximum Gasteiger partial charge on any atom is 0.321 e. The summed E-state index contributed by atoms with van der Waals surface area (Å²) in [4.78, 5) is 28.0. The Morgan fingerprint density at radius 3 is 2.23 bits per heavy atom. The largest absolute Gasteiger partial charge is 0.469 e. The van der Waals surface area contributed by atoms with Crippen LogP contribution in [0.15, 0.2) is 24.3 Å². The molecule has 0 saturated heterocycles. The zero-order valence-corrected chi connectivity index (χ0v) is 16.7. The zero-order valence-electron chi connectivity index (χ0n) is 16.0. The molecule has 6 nitrogen and oxygen atoms in total. The van der Waals surface area contributed by atoms with Gasteiger partial charge in [-0.05, 0) is 56.7 Å². The van der Waals surface area contributed by atoms with E-state index in [2.05, 4.69) is 28.8 Å². The number of nitrogens with zero attached hydrogens (tertiary/aromatic N) is 2. The molecular formula is C19H30ClN3O3. The van der Waals surface area contributed by atoms with E-state index in [1.54, 1.807) is 29.2 Å². The SMILES string of the molecule is CCN(CC)CCCCN(CCC(=O)OC)C(=O)Nc1ccc(Cl)cc1. The van der Waals surface area contributed by atoms with Crippen LogP contribution in [-0.2, 0) is 9.53 Å². The number of methoxy groups -OCH3 is 1. The minimum absolute atomic E-state index is 0.181. The van der Waals surface area contributed by atoms with Gasteiger partial charge in [-0.15, -0.1) is 0 Å². The zero-order chi connectivity index (χ0) is 19.4. The van der Waals surface area contributed by atoms with Gasteiger partial charge in [-0.3, -0.25) is 4.79 Å². The lowest BCUT2D eigenvalue weighted by Gasteiger charge is -2.24. The molecule has 0 aliphatic carbocycles. The molecule has 1 N–H and O–H groups in total. The van der Waals surface area contributed by atoms with E-state index in [-0.39, 0.29) is 18.4 Å². The number of esters is 1. The quantitative estimate of drug-likeness (QED) is 0.465. The number of rotatable bonds is 11. The molecule has 0 atom stereocenters. The van der Waals surface area contributed by atoms with Crippen LogP contribution in [0.4, 0.5) is 10.5 Å². The van der Waals surface area contributed by atoms with Crippen LogP contribution >= 0.6 is 11.6 Å². The number of amides is 2. The standard InChI is InChI=1S/C19H30ClN3O3/c1-4-22(5-2)13-6-7-14-23(15-12-18(24)26-3)19(25)21-17-10-8-16(20)9-11-17/h8-11H,4-7,12-15H2,1-3H3,(H,21,25). The Kier molecular flexibility index (Phi) is 10.7. The Bertz CT molecular complexity index is 547. The monoisotopic (exact) mass is 383 g/mol. The third-order valence-corrected chi connectivity index (χ3v) is 4.49. The summed E-state index contributed by atoms with van der Waals surface area (Å²) in [5, 5.41) is 3.46. The van der Waals surface area contributed by atoms with E-state index in [9.17, 15) is 9.59 Å². The number of urea groups is 1. The van der Waals surface area contributed by atoms with Gasteiger partial charge < -0.3 is 19.9 Å². The van der Waals surface area contributed by atoms with Crippen LogP contribution < -0.4 is 5.32 Å². The molecule has 0 saturated carbocycles. The molecule has 0 radical (unpaired) electrons. The van der Waals surface area contributed by atoms with E-state index in [1.807, 2.05) is 0 Å². The molecule has 0 aliphatic heterocycles. The minimum Gasteiger partial charge on any atom is -0.469 e. The van der Waals surface area contributed by atoms with Crippen LogP contribution in [0.5, 0.6) is 0 Å². The predicted molar refractivity (Wildman–Crippen MR) is 106 cm³/mol. The van der Waals surface area contributed by atoms with Crippen LogP contribution in [0.3, 0.4) is 0 Å². The van der Waals surface area contributed by atoms with Crippen molar-refractivity contribution in [3.63, 3.8) is 0 Å². The highest BCUT2D eigenvalue weighted by Gasteiger charge is 2.15. The highest BCUT2D eigenvalue weighted by atomic mass is 35.5. The highest BCUT2D eigenvalue weighted by molar-refractivity contribution is 6.30. The van der Waals surface area contributed by atoms with Crippen LogP contribution in [0, 0.1) is 0 Å².